The average molecular weight is 293 g/mol. The van der Waals surface area contributed by atoms with Gasteiger partial charge >= 0.3 is 0 Å². The van der Waals surface area contributed by atoms with Gasteiger partial charge in [-0.2, -0.15) is 0 Å². The molecule has 6 heteroatoms. The number of methoxy groups -OCH3 is 2. The van der Waals surface area contributed by atoms with Gasteiger partial charge in [-0.05, 0) is 12.1 Å². The fourth-order valence-corrected chi connectivity index (χ4v) is 1.77. The number of ether oxygens (including phenoxy) is 2. The van der Waals surface area contributed by atoms with E-state index in [2.05, 4.69) is 10.3 Å². The van der Waals surface area contributed by atoms with E-state index in [9.17, 15) is 4.79 Å². The first-order chi connectivity index (χ1) is 9.62. The van der Waals surface area contributed by atoms with Gasteiger partial charge in [0.05, 0.1) is 14.2 Å². The van der Waals surface area contributed by atoms with Crippen LogP contribution in [0.3, 0.4) is 0 Å². The Labute approximate surface area is 121 Å². The quantitative estimate of drug-likeness (QED) is 0.880. The molecule has 0 aliphatic carbocycles. The van der Waals surface area contributed by atoms with Gasteiger partial charge in [-0.3, -0.25) is 4.79 Å². The molecule has 20 heavy (non-hydrogen) atoms. The van der Waals surface area contributed by atoms with Crippen LogP contribution in [0.15, 0.2) is 36.4 Å². The monoisotopic (exact) mass is 292 g/mol. The number of anilines is 1. The molecule has 1 N–H and O–H groups in total. The van der Waals surface area contributed by atoms with Gasteiger partial charge in [0.1, 0.15) is 22.3 Å². The van der Waals surface area contributed by atoms with E-state index >= 15 is 0 Å². The standard InChI is InChI=1S/C14H13ClN2O3/c1-19-10-6-9(7-11(8-10)20-2)16-14(18)12-4-3-5-13(15)17-12/h3-8H,1-2H3,(H,16,18). The molecular formula is C14H13ClN2O3. The lowest BCUT2D eigenvalue weighted by molar-refractivity contribution is 0.102. The molecule has 0 unspecified atom stereocenters. The summed E-state index contributed by atoms with van der Waals surface area (Å²) in [5, 5.41) is 2.98. The molecule has 0 aliphatic rings. The van der Waals surface area contributed by atoms with Gasteiger partial charge in [0.25, 0.3) is 5.91 Å². The second-order valence-corrected chi connectivity index (χ2v) is 4.29. The van der Waals surface area contributed by atoms with E-state index in [1.807, 2.05) is 0 Å². The molecule has 2 rings (SSSR count). The number of nitrogens with one attached hydrogen (secondary N) is 1. The first-order valence-corrected chi connectivity index (χ1v) is 6.17. The third kappa shape index (κ3) is 3.39. The van der Waals surface area contributed by atoms with Crippen molar-refractivity contribution in [2.45, 2.75) is 0 Å². The van der Waals surface area contributed by atoms with Crippen molar-refractivity contribution in [1.82, 2.24) is 4.98 Å². The molecule has 5 nitrogen and oxygen atoms in total. The van der Waals surface area contributed by atoms with Crippen LogP contribution >= 0.6 is 11.6 Å². The van der Waals surface area contributed by atoms with Gasteiger partial charge in [-0.15, -0.1) is 0 Å². The molecule has 1 heterocycles. The SMILES string of the molecule is COc1cc(NC(=O)c2cccc(Cl)n2)cc(OC)c1. The first-order valence-electron chi connectivity index (χ1n) is 5.79. The lowest BCUT2D eigenvalue weighted by Crippen LogP contribution is -2.13. The second kappa shape index (κ2) is 6.25. The molecular weight excluding hydrogens is 280 g/mol. The highest BCUT2D eigenvalue weighted by Crippen LogP contribution is 2.26. The van der Waals surface area contributed by atoms with Gasteiger partial charge < -0.3 is 14.8 Å². The number of hydrogen-bond acceptors (Lipinski definition) is 4. The lowest BCUT2D eigenvalue weighted by atomic mass is 10.2. The van der Waals surface area contributed by atoms with Crippen LogP contribution in [0.2, 0.25) is 5.15 Å². The molecule has 2 aromatic rings. The molecule has 0 atom stereocenters. The smallest absolute Gasteiger partial charge is 0.274 e. The van der Waals surface area contributed by atoms with Crippen LogP contribution in [0.1, 0.15) is 10.5 Å². The summed E-state index contributed by atoms with van der Waals surface area (Å²) in [5.74, 6) is 0.806. The van der Waals surface area contributed by atoms with E-state index in [-0.39, 0.29) is 16.8 Å². The largest absolute Gasteiger partial charge is 0.497 e. The first kappa shape index (κ1) is 14.1. The zero-order valence-electron chi connectivity index (χ0n) is 11.0. The summed E-state index contributed by atoms with van der Waals surface area (Å²) in [6, 6.07) is 9.94. The van der Waals surface area contributed by atoms with Crippen molar-refractivity contribution >= 4 is 23.2 Å². The minimum absolute atomic E-state index is 0.235. The van der Waals surface area contributed by atoms with Crippen molar-refractivity contribution in [3.05, 3.63) is 47.2 Å². The summed E-state index contributed by atoms with van der Waals surface area (Å²) in [6.07, 6.45) is 0. The highest BCUT2D eigenvalue weighted by atomic mass is 35.5. The van der Waals surface area contributed by atoms with Crippen LogP contribution in [-0.4, -0.2) is 25.1 Å². The van der Waals surface area contributed by atoms with E-state index in [1.165, 1.54) is 0 Å². The number of aromatic nitrogens is 1. The molecule has 0 aliphatic heterocycles. The van der Waals surface area contributed by atoms with Gasteiger partial charge in [-0.25, -0.2) is 4.98 Å². The normalized spacial score (nSPS) is 9.95. The summed E-state index contributed by atoms with van der Waals surface area (Å²) >= 11 is 5.76. The molecule has 0 bridgehead atoms. The van der Waals surface area contributed by atoms with Crippen LogP contribution in [0.5, 0.6) is 11.5 Å². The number of carbonyl (C=O) groups excluding carboxylic acids is 1. The minimum Gasteiger partial charge on any atom is -0.497 e. The number of hydrogen-bond donors (Lipinski definition) is 1. The Morgan fingerprint density at radius 3 is 2.35 bits per heavy atom. The molecule has 0 spiro atoms. The van der Waals surface area contributed by atoms with E-state index < -0.39 is 0 Å². The van der Waals surface area contributed by atoms with Crippen LogP contribution in [0.25, 0.3) is 0 Å². The zero-order valence-corrected chi connectivity index (χ0v) is 11.8. The Hall–Kier alpha value is -2.27. The Kier molecular flexibility index (Phi) is 4.42. The van der Waals surface area contributed by atoms with Gasteiger partial charge in [0, 0.05) is 23.9 Å². The fraction of sp³-hybridized carbons (Fsp3) is 0.143. The number of rotatable bonds is 4. The van der Waals surface area contributed by atoms with Crippen molar-refractivity contribution in [1.29, 1.82) is 0 Å². The molecule has 0 radical (unpaired) electrons. The summed E-state index contributed by atoms with van der Waals surface area (Å²) in [5.41, 5.74) is 0.785. The summed E-state index contributed by atoms with van der Waals surface area (Å²) < 4.78 is 10.3. The summed E-state index contributed by atoms with van der Waals surface area (Å²) in [4.78, 5) is 16.0. The minimum atomic E-state index is -0.359. The van der Waals surface area contributed by atoms with E-state index in [4.69, 9.17) is 21.1 Å². The maximum atomic E-state index is 12.1. The average Bonchev–Trinajstić information content (AvgIpc) is 2.46. The molecule has 0 saturated carbocycles. The Morgan fingerprint density at radius 1 is 1.15 bits per heavy atom. The molecule has 1 aromatic heterocycles. The fourth-order valence-electron chi connectivity index (χ4n) is 1.61. The lowest BCUT2D eigenvalue weighted by Gasteiger charge is -2.09. The number of amides is 1. The van der Waals surface area contributed by atoms with Crippen molar-refractivity contribution in [3.63, 3.8) is 0 Å². The van der Waals surface area contributed by atoms with Crippen molar-refractivity contribution in [2.75, 3.05) is 19.5 Å². The molecule has 0 saturated heterocycles. The van der Waals surface area contributed by atoms with Crippen LogP contribution in [0.4, 0.5) is 5.69 Å². The maximum Gasteiger partial charge on any atom is 0.274 e. The highest BCUT2D eigenvalue weighted by Gasteiger charge is 2.10. The Morgan fingerprint density at radius 2 is 1.80 bits per heavy atom. The van der Waals surface area contributed by atoms with Crippen LogP contribution in [0, 0.1) is 0 Å². The van der Waals surface area contributed by atoms with Crippen molar-refractivity contribution in [3.8, 4) is 11.5 Å². The number of carbonyl (C=O) groups is 1. The van der Waals surface area contributed by atoms with E-state index in [1.54, 1.807) is 50.6 Å². The summed E-state index contributed by atoms with van der Waals surface area (Å²) in [6.45, 7) is 0. The van der Waals surface area contributed by atoms with E-state index in [0.29, 0.717) is 17.2 Å². The second-order valence-electron chi connectivity index (χ2n) is 3.90. The van der Waals surface area contributed by atoms with Gasteiger partial charge in [0.15, 0.2) is 0 Å². The van der Waals surface area contributed by atoms with Crippen molar-refractivity contribution in [2.24, 2.45) is 0 Å². The molecule has 104 valence electrons. The third-order valence-corrected chi connectivity index (χ3v) is 2.77. The third-order valence-electron chi connectivity index (χ3n) is 2.56. The van der Waals surface area contributed by atoms with Gasteiger partial charge in [-0.1, -0.05) is 17.7 Å². The molecule has 0 fully saturated rings. The van der Waals surface area contributed by atoms with Crippen molar-refractivity contribution < 1.29 is 14.3 Å². The summed E-state index contributed by atoms with van der Waals surface area (Å²) in [7, 11) is 3.08. The number of nitrogens with zero attached hydrogens (tertiary/aromatic N) is 1. The molecule has 1 aromatic carbocycles. The van der Waals surface area contributed by atoms with Gasteiger partial charge in [0.2, 0.25) is 0 Å². The predicted octanol–water partition coefficient (Wildman–Crippen LogP) is 3.00. The van der Waals surface area contributed by atoms with E-state index in [0.717, 1.165) is 0 Å². The maximum absolute atomic E-state index is 12.1. The topological polar surface area (TPSA) is 60.5 Å². The number of pyridine rings is 1. The Balaban J connectivity index is 2.23. The zero-order chi connectivity index (χ0) is 14.5. The predicted molar refractivity (Wildman–Crippen MR) is 76.7 cm³/mol. The highest BCUT2D eigenvalue weighted by molar-refractivity contribution is 6.29. The van der Waals surface area contributed by atoms with Crippen LogP contribution in [-0.2, 0) is 0 Å². The number of halogens is 1. The Bertz CT molecular complexity index is 609. The van der Waals surface area contributed by atoms with Crippen LogP contribution < -0.4 is 14.8 Å². The number of benzene rings is 1. The molecule has 1 amide bonds.